The maximum atomic E-state index is 13.3. The van der Waals surface area contributed by atoms with Gasteiger partial charge >= 0.3 is 0 Å². The first kappa shape index (κ1) is 22.8. The lowest BCUT2D eigenvalue weighted by atomic mass is 9.69. The number of fused-ring (bicyclic) bond motifs is 1. The van der Waals surface area contributed by atoms with Gasteiger partial charge in [0.25, 0.3) is 17.7 Å². The predicted octanol–water partition coefficient (Wildman–Crippen LogP) is 2.14. The largest absolute Gasteiger partial charge is 0.491 e. The summed E-state index contributed by atoms with van der Waals surface area (Å²) in [5, 5.41) is 19.4. The van der Waals surface area contributed by atoms with Crippen LogP contribution in [0.4, 0.5) is 8.78 Å². The minimum Gasteiger partial charge on any atom is -0.491 e. The lowest BCUT2D eigenvalue weighted by Gasteiger charge is -2.43. The Morgan fingerprint density at radius 1 is 1.52 bits per heavy atom. The van der Waals surface area contributed by atoms with Crippen molar-refractivity contribution in [3.8, 4) is 0 Å². The Labute approximate surface area is 178 Å². The fourth-order valence-corrected chi connectivity index (χ4v) is 4.02. The van der Waals surface area contributed by atoms with E-state index in [0.717, 1.165) is 18.7 Å². The number of hydrogen-bond acceptors (Lipinski definition) is 6. The summed E-state index contributed by atoms with van der Waals surface area (Å²) >= 11 is 0. The molecule has 1 aromatic rings. The number of carbonyl (C=O) groups is 2. The van der Waals surface area contributed by atoms with Crippen LogP contribution in [0.5, 0.6) is 0 Å². The van der Waals surface area contributed by atoms with Crippen LogP contribution in [0.25, 0.3) is 0 Å². The molecule has 1 aliphatic carbocycles. The average Bonchev–Trinajstić information content (AvgIpc) is 3.01. The molecule has 0 aromatic carbocycles. The van der Waals surface area contributed by atoms with Crippen LogP contribution in [0.15, 0.2) is 23.6 Å². The number of rotatable bonds is 10. The predicted molar refractivity (Wildman–Crippen MR) is 108 cm³/mol. The van der Waals surface area contributed by atoms with Gasteiger partial charge < -0.3 is 25.5 Å². The number of nitrogens with one attached hydrogen (secondary N) is 2. The molecular formula is C21H26F2N4O4. The second-order valence-electron chi connectivity index (χ2n) is 8.13. The van der Waals surface area contributed by atoms with Crippen molar-refractivity contribution in [1.29, 1.82) is 5.41 Å². The fourth-order valence-electron chi connectivity index (χ4n) is 4.02. The van der Waals surface area contributed by atoms with E-state index in [1.54, 1.807) is 6.92 Å². The van der Waals surface area contributed by atoms with Crippen LogP contribution in [0.2, 0.25) is 0 Å². The van der Waals surface area contributed by atoms with Crippen molar-refractivity contribution in [2.75, 3.05) is 26.3 Å². The Balaban J connectivity index is 1.77. The summed E-state index contributed by atoms with van der Waals surface area (Å²) in [6.07, 6.45) is 3.35. The van der Waals surface area contributed by atoms with Crippen molar-refractivity contribution in [2.24, 2.45) is 5.41 Å². The number of allylic oxidation sites excluding steroid dienone is 1. The van der Waals surface area contributed by atoms with Gasteiger partial charge in [-0.05, 0) is 31.4 Å². The van der Waals surface area contributed by atoms with Crippen LogP contribution in [-0.2, 0) is 11.3 Å². The third-order valence-corrected chi connectivity index (χ3v) is 5.40. The molecule has 10 heteroatoms. The lowest BCUT2D eigenvalue weighted by Crippen LogP contribution is -2.46. The quantitative estimate of drug-likeness (QED) is 0.384. The Hall–Kier alpha value is -2.88. The van der Waals surface area contributed by atoms with Crippen molar-refractivity contribution < 1.29 is 28.2 Å². The van der Waals surface area contributed by atoms with Crippen molar-refractivity contribution in [3.63, 3.8) is 0 Å². The number of ether oxygens (including phenoxy) is 1. The highest BCUT2D eigenvalue weighted by Gasteiger charge is 2.48. The maximum Gasteiger partial charge on any atom is 0.278 e. The summed E-state index contributed by atoms with van der Waals surface area (Å²) in [5.41, 5.74) is 0.770. The van der Waals surface area contributed by atoms with E-state index in [1.165, 1.54) is 17.2 Å². The van der Waals surface area contributed by atoms with Crippen LogP contribution >= 0.6 is 0 Å². The van der Waals surface area contributed by atoms with Gasteiger partial charge in [-0.3, -0.25) is 14.6 Å². The fraction of sp³-hybridized carbons (Fsp3) is 0.524. The molecule has 168 valence electrons. The van der Waals surface area contributed by atoms with E-state index in [-0.39, 0.29) is 37.8 Å². The molecule has 2 aliphatic rings. The van der Waals surface area contributed by atoms with E-state index in [4.69, 9.17) is 15.3 Å². The first-order valence-corrected chi connectivity index (χ1v) is 10.0. The lowest BCUT2D eigenvalue weighted by molar-refractivity contribution is -0.0574. The molecule has 2 heterocycles. The number of aliphatic hydroxyl groups is 1. The van der Waals surface area contributed by atoms with Crippen LogP contribution in [-0.4, -0.2) is 65.2 Å². The molecule has 2 amide bonds. The summed E-state index contributed by atoms with van der Waals surface area (Å²) < 4.78 is 31.9. The zero-order valence-corrected chi connectivity index (χ0v) is 17.5. The monoisotopic (exact) mass is 436 g/mol. The average molecular weight is 436 g/mol. The van der Waals surface area contributed by atoms with Gasteiger partial charge in [0.15, 0.2) is 6.61 Å². The van der Waals surface area contributed by atoms with Crippen LogP contribution in [0.3, 0.4) is 0 Å². The van der Waals surface area contributed by atoms with E-state index in [2.05, 4.69) is 10.3 Å². The van der Waals surface area contributed by atoms with Gasteiger partial charge in [0.05, 0.1) is 5.41 Å². The van der Waals surface area contributed by atoms with Gasteiger partial charge in [-0.2, -0.15) is 0 Å². The Morgan fingerprint density at radius 3 is 2.87 bits per heavy atom. The molecule has 0 unspecified atom stereocenters. The molecule has 1 aromatic heterocycles. The number of halogens is 2. The van der Waals surface area contributed by atoms with Gasteiger partial charge in [0.1, 0.15) is 11.5 Å². The first-order chi connectivity index (χ1) is 14.6. The minimum absolute atomic E-state index is 0.0557. The number of amides is 2. The number of hydrogen-bond donors (Lipinski definition) is 3. The third kappa shape index (κ3) is 4.58. The summed E-state index contributed by atoms with van der Waals surface area (Å²) in [4.78, 5) is 31.0. The second kappa shape index (κ2) is 8.70. The normalized spacial score (nSPS) is 20.4. The molecule has 1 atom stereocenters. The molecule has 0 saturated carbocycles. The third-order valence-electron chi connectivity index (χ3n) is 5.40. The van der Waals surface area contributed by atoms with E-state index >= 15 is 0 Å². The van der Waals surface area contributed by atoms with E-state index in [1.807, 2.05) is 0 Å². The smallest absolute Gasteiger partial charge is 0.278 e. The van der Waals surface area contributed by atoms with Crippen molar-refractivity contribution in [1.82, 2.24) is 15.2 Å². The molecule has 8 nitrogen and oxygen atoms in total. The summed E-state index contributed by atoms with van der Waals surface area (Å²) in [6.45, 7) is 2.14. The number of nitrogens with zero attached hydrogens (tertiary/aromatic N) is 2. The molecule has 3 N–H and O–H groups in total. The number of aliphatic hydroxyl groups excluding tert-OH is 1. The van der Waals surface area contributed by atoms with Crippen molar-refractivity contribution in [2.45, 2.75) is 39.2 Å². The minimum atomic E-state index is -3.01. The molecule has 0 bridgehead atoms. The molecule has 3 rings (SSSR count). The highest BCUT2D eigenvalue weighted by atomic mass is 19.3. The molecular weight excluding hydrogens is 410 g/mol. The Kier molecular flexibility index (Phi) is 6.40. The highest BCUT2D eigenvalue weighted by Crippen LogP contribution is 2.47. The van der Waals surface area contributed by atoms with Crippen molar-refractivity contribution in [3.05, 3.63) is 40.4 Å². The Bertz CT molecular complexity index is 928. The SMILES string of the molecule is CC1=C(OCC(C)(F)F)[C@@](C=N)(CN2Cc3c(ccnc3C(=O)NCCCO)C2=O)C1. The Morgan fingerprint density at radius 2 is 2.26 bits per heavy atom. The summed E-state index contributed by atoms with van der Waals surface area (Å²) in [6, 6.07) is 1.54. The number of pyridine rings is 1. The molecule has 0 saturated heterocycles. The molecule has 31 heavy (non-hydrogen) atoms. The standard InChI is InChI=1S/C21H26F2N4O4/c1-13-8-21(10-24,17(13)31-12-20(2,22)23)11-27-9-15-14(19(27)30)4-6-25-16(15)18(29)26-5-3-7-28/h4,6,10,24,28H,3,5,7-9,11-12H2,1-2H3,(H,26,29)/t21-/m0/s1. The molecule has 0 radical (unpaired) electrons. The summed E-state index contributed by atoms with van der Waals surface area (Å²) in [7, 11) is 0. The van der Waals surface area contributed by atoms with Crippen LogP contribution in [0, 0.1) is 10.8 Å². The second-order valence-corrected chi connectivity index (χ2v) is 8.13. The van der Waals surface area contributed by atoms with Gasteiger partial charge in [0, 0.05) is 56.7 Å². The van der Waals surface area contributed by atoms with Gasteiger partial charge in [-0.1, -0.05) is 0 Å². The number of aromatic nitrogens is 1. The first-order valence-electron chi connectivity index (χ1n) is 10.0. The van der Waals surface area contributed by atoms with Gasteiger partial charge in [-0.25, -0.2) is 8.78 Å². The van der Waals surface area contributed by atoms with Crippen LogP contribution in [0.1, 0.15) is 53.1 Å². The van der Waals surface area contributed by atoms with E-state index in [0.29, 0.717) is 29.7 Å². The van der Waals surface area contributed by atoms with E-state index < -0.39 is 23.9 Å². The van der Waals surface area contributed by atoms with Crippen molar-refractivity contribution >= 4 is 18.0 Å². The van der Waals surface area contributed by atoms with Gasteiger partial charge in [0.2, 0.25) is 0 Å². The zero-order chi connectivity index (χ0) is 22.8. The molecule has 0 fully saturated rings. The number of alkyl halides is 2. The van der Waals surface area contributed by atoms with Gasteiger partial charge in [-0.15, -0.1) is 0 Å². The van der Waals surface area contributed by atoms with E-state index in [9.17, 15) is 18.4 Å². The zero-order valence-electron chi connectivity index (χ0n) is 17.5. The number of carbonyl (C=O) groups excluding carboxylic acids is 2. The highest BCUT2D eigenvalue weighted by molar-refractivity contribution is 6.03. The van der Waals surface area contributed by atoms with Crippen LogP contribution < -0.4 is 5.32 Å². The molecule has 0 spiro atoms. The summed E-state index contributed by atoms with van der Waals surface area (Å²) in [5.74, 6) is -3.46. The topological polar surface area (TPSA) is 116 Å². The maximum absolute atomic E-state index is 13.3. The molecule has 1 aliphatic heterocycles.